The van der Waals surface area contributed by atoms with Gasteiger partial charge in [0.1, 0.15) is 17.1 Å². The van der Waals surface area contributed by atoms with Crippen molar-refractivity contribution in [3.63, 3.8) is 0 Å². The smallest absolute Gasteiger partial charge is 0.508 e. The van der Waals surface area contributed by atoms with Crippen LogP contribution in [-0.4, -0.2) is 16.9 Å². The average Bonchev–Trinajstić information content (AvgIpc) is 2.25. The van der Waals surface area contributed by atoms with E-state index >= 15 is 0 Å². The standard InChI is InChI=1S/C16H24O4/c1-10(2)11(3)13-8-7-12(9-14(13)17)19-15(18)20-16(4,5)6/h7-11,17H,1-6H3. The van der Waals surface area contributed by atoms with Crippen molar-refractivity contribution in [2.45, 2.75) is 53.1 Å². The normalized spacial score (nSPS) is 13.2. The Morgan fingerprint density at radius 3 is 2.25 bits per heavy atom. The van der Waals surface area contributed by atoms with E-state index in [0.717, 1.165) is 5.56 Å². The number of ether oxygens (including phenoxy) is 2. The number of aromatic hydroxyl groups is 1. The molecule has 1 rings (SSSR count). The number of phenolic OH excluding ortho intramolecular Hbond substituents is 1. The van der Waals surface area contributed by atoms with Crippen molar-refractivity contribution in [1.29, 1.82) is 0 Å². The molecule has 0 amide bonds. The lowest BCUT2D eigenvalue weighted by molar-refractivity contribution is 0.0206. The molecule has 1 atom stereocenters. The molecule has 0 fully saturated rings. The van der Waals surface area contributed by atoms with Gasteiger partial charge in [-0.25, -0.2) is 4.79 Å². The largest absolute Gasteiger partial charge is 0.514 e. The Hall–Kier alpha value is -1.71. The molecule has 1 aromatic carbocycles. The van der Waals surface area contributed by atoms with Gasteiger partial charge in [-0.3, -0.25) is 0 Å². The van der Waals surface area contributed by atoms with E-state index in [1.165, 1.54) is 6.07 Å². The molecule has 0 bridgehead atoms. The summed E-state index contributed by atoms with van der Waals surface area (Å²) in [5.74, 6) is 1.05. The lowest BCUT2D eigenvalue weighted by atomic mass is 9.90. The van der Waals surface area contributed by atoms with Crippen molar-refractivity contribution in [2.24, 2.45) is 5.92 Å². The number of rotatable bonds is 3. The van der Waals surface area contributed by atoms with Crippen LogP contribution in [-0.2, 0) is 4.74 Å². The molecule has 4 heteroatoms. The predicted molar refractivity (Wildman–Crippen MR) is 78.2 cm³/mol. The highest BCUT2D eigenvalue weighted by atomic mass is 16.7. The fraction of sp³-hybridized carbons (Fsp3) is 0.562. The Balaban J connectivity index is 2.80. The topological polar surface area (TPSA) is 55.8 Å². The molecule has 0 radical (unpaired) electrons. The van der Waals surface area contributed by atoms with Crippen LogP contribution in [0.15, 0.2) is 18.2 Å². The molecule has 4 nitrogen and oxygen atoms in total. The van der Waals surface area contributed by atoms with Crippen molar-refractivity contribution < 1.29 is 19.4 Å². The van der Waals surface area contributed by atoms with E-state index in [1.807, 2.05) is 6.92 Å². The molecule has 0 aliphatic heterocycles. The van der Waals surface area contributed by atoms with Gasteiger partial charge in [-0.05, 0) is 44.2 Å². The number of hydrogen-bond donors (Lipinski definition) is 1. The minimum Gasteiger partial charge on any atom is -0.508 e. The van der Waals surface area contributed by atoms with E-state index in [0.29, 0.717) is 5.92 Å². The Bertz CT molecular complexity index is 472. The van der Waals surface area contributed by atoms with Gasteiger partial charge in [-0.1, -0.05) is 26.8 Å². The molecule has 0 saturated carbocycles. The molecule has 20 heavy (non-hydrogen) atoms. The predicted octanol–water partition coefficient (Wildman–Crippen LogP) is 4.47. The summed E-state index contributed by atoms with van der Waals surface area (Å²) in [5, 5.41) is 10.0. The highest BCUT2D eigenvalue weighted by Gasteiger charge is 2.19. The zero-order valence-electron chi connectivity index (χ0n) is 13.1. The third kappa shape index (κ3) is 4.76. The monoisotopic (exact) mass is 280 g/mol. The number of benzene rings is 1. The third-order valence-corrected chi connectivity index (χ3v) is 3.08. The van der Waals surface area contributed by atoms with Gasteiger partial charge in [-0.15, -0.1) is 0 Å². The first-order valence-corrected chi connectivity index (χ1v) is 6.84. The summed E-state index contributed by atoms with van der Waals surface area (Å²) in [7, 11) is 0. The van der Waals surface area contributed by atoms with Gasteiger partial charge >= 0.3 is 6.16 Å². The maximum atomic E-state index is 11.5. The molecule has 0 saturated heterocycles. The molecule has 1 unspecified atom stereocenters. The van der Waals surface area contributed by atoms with E-state index in [-0.39, 0.29) is 17.4 Å². The van der Waals surface area contributed by atoms with Gasteiger partial charge < -0.3 is 14.6 Å². The second kappa shape index (κ2) is 6.16. The van der Waals surface area contributed by atoms with Crippen molar-refractivity contribution in [3.05, 3.63) is 23.8 Å². The summed E-state index contributed by atoms with van der Waals surface area (Å²) in [6.07, 6.45) is -0.776. The molecule has 0 aliphatic carbocycles. The van der Waals surface area contributed by atoms with E-state index in [9.17, 15) is 9.90 Å². The Morgan fingerprint density at radius 1 is 1.20 bits per heavy atom. The van der Waals surface area contributed by atoms with Crippen LogP contribution in [0.1, 0.15) is 53.0 Å². The van der Waals surface area contributed by atoms with Crippen LogP contribution < -0.4 is 4.74 Å². The minimum absolute atomic E-state index is 0.132. The van der Waals surface area contributed by atoms with E-state index < -0.39 is 11.8 Å². The highest BCUT2D eigenvalue weighted by molar-refractivity contribution is 5.64. The molecule has 0 heterocycles. The van der Waals surface area contributed by atoms with Crippen LogP contribution in [0.25, 0.3) is 0 Å². The zero-order chi connectivity index (χ0) is 15.5. The summed E-state index contributed by atoms with van der Waals surface area (Å²) in [5.41, 5.74) is 0.238. The molecule has 0 aliphatic rings. The van der Waals surface area contributed by atoms with Crippen LogP contribution in [0.3, 0.4) is 0 Å². The zero-order valence-corrected chi connectivity index (χ0v) is 13.1. The van der Waals surface area contributed by atoms with E-state index in [1.54, 1.807) is 32.9 Å². The first-order valence-electron chi connectivity index (χ1n) is 6.84. The van der Waals surface area contributed by atoms with E-state index in [4.69, 9.17) is 9.47 Å². The van der Waals surface area contributed by atoms with Crippen molar-refractivity contribution >= 4 is 6.16 Å². The first-order chi connectivity index (χ1) is 9.10. The lowest BCUT2D eigenvalue weighted by Gasteiger charge is -2.20. The second-order valence-corrected chi connectivity index (χ2v) is 6.32. The summed E-state index contributed by atoms with van der Waals surface area (Å²) >= 11 is 0. The van der Waals surface area contributed by atoms with Crippen LogP contribution in [0.2, 0.25) is 0 Å². The summed E-state index contributed by atoms with van der Waals surface area (Å²) in [6, 6.07) is 4.88. The summed E-state index contributed by atoms with van der Waals surface area (Å²) < 4.78 is 10.1. The quantitative estimate of drug-likeness (QED) is 0.655. The van der Waals surface area contributed by atoms with Crippen molar-refractivity contribution in [3.8, 4) is 11.5 Å². The van der Waals surface area contributed by atoms with E-state index in [2.05, 4.69) is 13.8 Å². The molecular formula is C16H24O4. The first kappa shape index (κ1) is 16.3. The molecular weight excluding hydrogens is 256 g/mol. The summed E-state index contributed by atoms with van der Waals surface area (Å²) in [4.78, 5) is 11.5. The fourth-order valence-electron chi connectivity index (χ4n) is 1.70. The Labute approximate surface area is 120 Å². The van der Waals surface area contributed by atoms with Crippen LogP contribution >= 0.6 is 0 Å². The number of carbonyl (C=O) groups excluding carboxylic acids is 1. The van der Waals surface area contributed by atoms with Gasteiger partial charge in [0.2, 0.25) is 0 Å². The molecule has 0 spiro atoms. The number of hydrogen-bond acceptors (Lipinski definition) is 4. The third-order valence-electron chi connectivity index (χ3n) is 3.08. The maximum absolute atomic E-state index is 11.5. The van der Waals surface area contributed by atoms with Gasteiger partial charge in [-0.2, -0.15) is 0 Å². The Morgan fingerprint density at radius 2 is 1.80 bits per heavy atom. The maximum Gasteiger partial charge on any atom is 0.514 e. The minimum atomic E-state index is -0.776. The average molecular weight is 280 g/mol. The molecule has 112 valence electrons. The molecule has 1 aromatic rings. The highest BCUT2D eigenvalue weighted by Crippen LogP contribution is 2.33. The summed E-state index contributed by atoms with van der Waals surface area (Å²) in [6.45, 7) is 11.5. The van der Waals surface area contributed by atoms with Gasteiger partial charge in [0.25, 0.3) is 0 Å². The van der Waals surface area contributed by atoms with Crippen LogP contribution in [0.4, 0.5) is 4.79 Å². The van der Waals surface area contributed by atoms with Gasteiger partial charge in [0, 0.05) is 6.07 Å². The van der Waals surface area contributed by atoms with Gasteiger partial charge in [0.15, 0.2) is 0 Å². The van der Waals surface area contributed by atoms with Gasteiger partial charge in [0.05, 0.1) is 0 Å². The van der Waals surface area contributed by atoms with Crippen molar-refractivity contribution in [2.75, 3.05) is 0 Å². The van der Waals surface area contributed by atoms with Crippen LogP contribution in [0, 0.1) is 5.92 Å². The number of phenols is 1. The lowest BCUT2D eigenvalue weighted by Crippen LogP contribution is -2.25. The van der Waals surface area contributed by atoms with Crippen molar-refractivity contribution in [1.82, 2.24) is 0 Å². The second-order valence-electron chi connectivity index (χ2n) is 6.32. The molecule has 1 N–H and O–H groups in total. The van der Waals surface area contributed by atoms with Crippen LogP contribution in [0.5, 0.6) is 11.5 Å². The molecule has 0 aromatic heterocycles. The number of carbonyl (C=O) groups is 1. The Kier molecular flexibility index (Phi) is 5.03. The SMILES string of the molecule is CC(C)C(C)c1ccc(OC(=O)OC(C)(C)C)cc1O. The fourth-order valence-corrected chi connectivity index (χ4v) is 1.70.